The van der Waals surface area contributed by atoms with E-state index in [1.165, 1.54) is 24.8 Å². The number of carbonyl (C=O) groups is 1. The summed E-state index contributed by atoms with van der Waals surface area (Å²) in [6.07, 6.45) is 4.85. The molecule has 3 N–H and O–H groups in total. The molecule has 0 saturated heterocycles. The van der Waals surface area contributed by atoms with Gasteiger partial charge in [-0.05, 0) is 37.2 Å². The molecule has 19 heavy (non-hydrogen) atoms. The van der Waals surface area contributed by atoms with E-state index < -0.39 is 0 Å². The highest BCUT2D eigenvalue weighted by molar-refractivity contribution is 5.94. The van der Waals surface area contributed by atoms with Crippen molar-refractivity contribution in [2.75, 3.05) is 6.61 Å². The van der Waals surface area contributed by atoms with E-state index in [0.717, 1.165) is 12.8 Å². The Morgan fingerprint density at radius 3 is 2.84 bits per heavy atom. The summed E-state index contributed by atoms with van der Waals surface area (Å²) in [6.45, 7) is 0.137. The van der Waals surface area contributed by atoms with E-state index in [-0.39, 0.29) is 30.0 Å². The predicted octanol–water partition coefficient (Wildman–Crippen LogP) is 0.512. The standard InChI is InChI=1S/C14H18N2O3/c17-7-11-8-1-2-9(5-8)13(11)16-14(19)10-3-4-12(18)15-6-10/h3-4,6,8-9,11,13,17H,1-2,5,7H2,(H,15,18)(H,16,19). The minimum atomic E-state index is -0.218. The second kappa shape index (κ2) is 4.81. The number of aromatic nitrogens is 1. The zero-order chi connectivity index (χ0) is 13.4. The van der Waals surface area contributed by atoms with Crippen LogP contribution in [0.3, 0.4) is 0 Å². The van der Waals surface area contributed by atoms with Crippen molar-refractivity contribution in [3.63, 3.8) is 0 Å². The Hall–Kier alpha value is -1.62. The lowest BCUT2D eigenvalue weighted by atomic mass is 9.85. The van der Waals surface area contributed by atoms with Gasteiger partial charge < -0.3 is 15.4 Å². The molecule has 1 heterocycles. The number of aliphatic hydroxyl groups is 1. The van der Waals surface area contributed by atoms with Crippen molar-refractivity contribution >= 4 is 5.91 Å². The van der Waals surface area contributed by atoms with Crippen LogP contribution in [0.1, 0.15) is 29.6 Å². The van der Waals surface area contributed by atoms with E-state index in [9.17, 15) is 14.7 Å². The van der Waals surface area contributed by atoms with E-state index in [4.69, 9.17) is 0 Å². The van der Waals surface area contributed by atoms with E-state index in [1.807, 2.05) is 0 Å². The monoisotopic (exact) mass is 262 g/mol. The summed E-state index contributed by atoms with van der Waals surface area (Å²) >= 11 is 0. The number of aliphatic hydroxyl groups excluding tert-OH is 1. The number of amides is 1. The molecular formula is C14H18N2O3. The fraction of sp³-hybridized carbons (Fsp3) is 0.571. The van der Waals surface area contributed by atoms with E-state index in [0.29, 0.717) is 17.4 Å². The van der Waals surface area contributed by atoms with Crippen LogP contribution in [0.5, 0.6) is 0 Å². The van der Waals surface area contributed by atoms with Gasteiger partial charge in [-0.3, -0.25) is 9.59 Å². The number of rotatable bonds is 3. The first kappa shape index (κ1) is 12.4. The molecule has 2 aliphatic carbocycles. The van der Waals surface area contributed by atoms with E-state index in [2.05, 4.69) is 10.3 Å². The molecule has 3 rings (SSSR count). The van der Waals surface area contributed by atoms with Crippen LogP contribution in [-0.4, -0.2) is 28.6 Å². The molecule has 0 aliphatic heterocycles. The summed E-state index contributed by atoms with van der Waals surface area (Å²) in [4.78, 5) is 25.6. The molecule has 2 aliphatic rings. The van der Waals surface area contributed by atoms with Crippen molar-refractivity contribution in [3.8, 4) is 0 Å². The Labute approximate surface area is 111 Å². The molecule has 2 fully saturated rings. The van der Waals surface area contributed by atoms with Crippen LogP contribution >= 0.6 is 0 Å². The molecule has 1 amide bonds. The van der Waals surface area contributed by atoms with Crippen LogP contribution in [0.4, 0.5) is 0 Å². The molecule has 1 aromatic heterocycles. The van der Waals surface area contributed by atoms with Crippen LogP contribution in [0.2, 0.25) is 0 Å². The van der Waals surface area contributed by atoms with Gasteiger partial charge in [0.2, 0.25) is 5.56 Å². The third-order valence-electron chi connectivity index (χ3n) is 4.64. The highest BCUT2D eigenvalue weighted by Crippen LogP contribution is 2.48. The Kier molecular flexibility index (Phi) is 3.14. The van der Waals surface area contributed by atoms with E-state index in [1.54, 1.807) is 0 Å². The molecule has 2 saturated carbocycles. The SMILES string of the molecule is O=C(NC1C2CCC(C2)C1CO)c1ccc(=O)[nH]c1. The second-order valence-electron chi connectivity index (χ2n) is 5.62. The van der Waals surface area contributed by atoms with Gasteiger partial charge in [0.15, 0.2) is 0 Å². The number of nitrogens with one attached hydrogen (secondary N) is 2. The highest BCUT2D eigenvalue weighted by Gasteiger charge is 2.47. The van der Waals surface area contributed by atoms with Crippen LogP contribution < -0.4 is 10.9 Å². The van der Waals surface area contributed by atoms with Crippen molar-refractivity contribution in [2.24, 2.45) is 17.8 Å². The number of fused-ring (bicyclic) bond motifs is 2. The zero-order valence-electron chi connectivity index (χ0n) is 10.6. The van der Waals surface area contributed by atoms with Crippen molar-refractivity contribution in [1.29, 1.82) is 0 Å². The van der Waals surface area contributed by atoms with Gasteiger partial charge in [-0.2, -0.15) is 0 Å². The van der Waals surface area contributed by atoms with E-state index >= 15 is 0 Å². The molecule has 5 nitrogen and oxygen atoms in total. The quantitative estimate of drug-likeness (QED) is 0.742. The molecule has 0 radical (unpaired) electrons. The van der Waals surface area contributed by atoms with Gasteiger partial charge in [-0.25, -0.2) is 0 Å². The maximum atomic E-state index is 12.1. The fourth-order valence-corrected chi connectivity index (χ4v) is 3.68. The van der Waals surface area contributed by atoms with Gasteiger partial charge in [0, 0.05) is 30.8 Å². The fourth-order valence-electron chi connectivity index (χ4n) is 3.68. The summed E-state index contributed by atoms with van der Waals surface area (Å²) in [6, 6.07) is 2.94. The summed E-state index contributed by atoms with van der Waals surface area (Å²) in [5.74, 6) is 1.06. The normalized spacial score (nSPS) is 32.5. The minimum Gasteiger partial charge on any atom is -0.396 e. The number of H-pyrrole nitrogens is 1. The first-order valence-electron chi connectivity index (χ1n) is 6.79. The number of aromatic amines is 1. The first-order chi connectivity index (χ1) is 9.19. The number of pyridine rings is 1. The maximum absolute atomic E-state index is 12.1. The van der Waals surface area contributed by atoms with Crippen LogP contribution in [0.15, 0.2) is 23.1 Å². The van der Waals surface area contributed by atoms with Crippen LogP contribution in [-0.2, 0) is 0 Å². The number of carbonyl (C=O) groups excluding carboxylic acids is 1. The van der Waals surface area contributed by atoms with Crippen molar-refractivity contribution in [1.82, 2.24) is 10.3 Å². The maximum Gasteiger partial charge on any atom is 0.252 e. The molecular weight excluding hydrogens is 244 g/mol. The Bertz CT molecular complexity index is 519. The number of hydrogen-bond donors (Lipinski definition) is 3. The molecule has 0 spiro atoms. The van der Waals surface area contributed by atoms with Crippen LogP contribution in [0, 0.1) is 17.8 Å². The van der Waals surface area contributed by atoms with Crippen molar-refractivity contribution in [3.05, 3.63) is 34.2 Å². The molecule has 0 aromatic carbocycles. The van der Waals surface area contributed by atoms with Gasteiger partial charge >= 0.3 is 0 Å². The molecule has 1 aromatic rings. The zero-order valence-corrected chi connectivity index (χ0v) is 10.6. The van der Waals surface area contributed by atoms with Gasteiger partial charge in [-0.1, -0.05) is 0 Å². The molecule has 4 unspecified atom stereocenters. The molecule has 4 atom stereocenters. The smallest absolute Gasteiger partial charge is 0.252 e. The Morgan fingerprint density at radius 1 is 1.37 bits per heavy atom. The summed E-state index contributed by atoms with van der Waals surface area (Å²) < 4.78 is 0. The van der Waals surface area contributed by atoms with Gasteiger partial charge in [0.1, 0.15) is 0 Å². The van der Waals surface area contributed by atoms with Crippen LogP contribution in [0.25, 0.3) is 0 Å². The van der Waals surface area contributed by atoms with Gasteiger partial charge in [-0.15, -0.1) is 0 Å². The molecule has 5 heteroatoms. The average Bonchev–Trinajstić information content (AvgIpc) is 3.00. The highest BCUT2D eigenvalue weighted by atomic mass is 16.3. The van der Waals surface area contributed by atoms with Crippen molar-refractivity contribution < 1.29 is 9.90 Å². The van der Waals surface area contributed by atoms with Gasteiger partial charge in [0.25, 0.3) is 5.91 Å². The lowest BCUT2D eigenvalue weighted by Crippen LogP contribution is -2.45. The third kappa shape index (κ3) is 2.18. The van der Waals surface area contributed by atoms with Gasteiger partial charge in [0.05, 0.1) is 5.56 Å². The average molecular weight is 262 g/mol. The Balaban J connectivity index is 1.72. The largest absolute Gasteiger partial charge is 0.396 e. The second-order valence-corrected chi connectivity index (χ2v) is 5.62. The van der Waals surface area contributed by atoms with Crippen molar-refractivity contribution in [2.45, 2.75) is 25.3 Å². The lowest BCUT2D eigenvalue weighted by Gasteiger charge is -2.30. The third-order valence-corrected chi connectivity index (χ3v) is 4.64. The lowest BCUT2D eigenvalue weighted by molar-refractivity contribution is 0.0861. The summed E-state index contributed by atoms with van der Waals surface area (Å²) in [5, 5.41) is 12.5. The summed E-state index contributed by atoms with van der Waals surface area (Å²) in [7, 11) is 0. The number of hydrogen-bond acceptors (Lipinski definition) is 3. The Morgan fingerprint density at radius 2 is 2.16 bits per heavy atom. The topological polar surface area (TPSA) is 82.2 Å². The molecule has 2 bridgehead atoms. The summed E-state index contributed by atoms with van der Waals surface area (Å²) in [5.41, 5.74) is 0.240. The predicted molar refractivity (Wildman–Crippen MR) is 69.7 cm³/mol. The first-order valence-corrected chi connectivity index (χ1v) is 6.79. The minimum absolute atomic E-state index is 0.0724. The molecule has 102 valence electrons.